The van der Waals surface area contributed by atoms with Crippen molar-refractivity contribution in [3.05, 3.63) is 53.7 Å². The molecule has 0 N–H and O–H groups in total. The van der Waals surface area contributed by atoms with E-state index in [0.29, 0.717) is 36.8 Å². The van der Waals surface area contributed by atoms with Crippen LogP contribution in [0.1, 0.15) is 17.5 Å². The summed E-state index contributed by atoms with van der Waals surface area (Å²) in [6.07, 6.45) is 4.79. The van der Waals surface area contributed by atoms with E-state index < -0.39 is 10.0 Å². The number of sulfonamides is 1. The zero-order chi connectivity index (χ0) is 19.6. The molecule has 1 fully saturated rings. The number of nitrogens with zero attached hydrogens (tertiary/aromatic N) is 3. The zero-order valence-corrected chi connectivity index (χ0v) is 17.2. The van der Waals surface area contributed by atoms with Crippen LogP contribution < -0.4 is 0 Å². The lowest BCUT2D eigenvalue weighted by Crippen LogP contribution is -2.51. The molecule has 2 heterocycles. The van der Waals surface area contributed by atoms with E-state index in [0.717, 1.165) is 29.9 Å². The van der Waals surface area contributed by atoms with Crippen molar-refractivity contribution < 1.29 is 13.2 Å². The summed E-state index contributed by atoms with van der Waals surface area (Å²) in [7, 11) is -3.51. The van der Waals surface area contributed by atoms with Crippen LogP contribution in [0.25, 0.3) is 0 Å². The van der Waals surface area contributed by atoms with E-state index in [9.17, 15) is 13.2 Å². The third-order valence-electron chi connectivity index (χ3n) is 5.28. The molecule has 2 aliphatic rings. The van der Waals surface area contributed by atoms with Gasteiger partial charge in [0.2, 0.25) is 15.9 Å². The molecule has 8 heteroatoms. The van der Waals surface area contributed by atoms with Gasteiger partial charge in [0.1, 0.15) is 0 Å². The van der Waals surface area contributed by atoms with Crippen LogP contribution in [-0.2, 0) is 27.7 Å². The number of carbonyl (C=O) groups excluding carboxylic acids is 1. The van der Waals surface area contributed by atoms with E-state index in [1.54, 1.807) is 17.2 Å². The highest BCUT2D eigenvalue weighted by atomic mass is 32.2. The molecule has 1 saturated heterocycles. The topological polar surface area (TPSA) is 70.6 Å². The van der Waals surface area contributed by atoms with Crippen LogP contribution in [0.15, 0.2) is 52.5 Å². The maximum absolute atomic E-state index is 13.0. The van der Waals surface area contributed by atoms with Crippen LogP contribution in [-0.4, -0.2) is 60.4 Å². The van der Waals surface area contributed by atoms with Gasteiger partial charge in [0.05, 0.1) is 15.7 Å². The number of rotatable bonds is 5. The van der Waals surface area contributed by atoms with Gasteiger partial charge < -0.3 is 4.90 Å². The molecule has 28 heavy (non-hydrogen) atoms. The molecule has 1 aliphatic carbocycles. The van der Waals surface area contributed by atoms with Crippen LogP contribution in [0.4, 0.5) is 0 Å². The number of pyridine rings is 1. The predicted molar refractivity (Wildman–Crippen MR) is 109 cm³/mol. The van der Waals surface area contributed by atoms with Crippen LogP contribution in [0.3, 0.4) is 0 Å². The average molecular weight is 418 g/mol. The highest BCUT2D eigenvalue weighted by Gasteiger charge is 2.30. The summed E-state index contributed by atoms with van der Waals surface area (Å²) < 4.78 is 27.5. The van der Waals surface area contributed by atoms with Crippen molar-refractivity contribution in [1.82, 2.24) is 14.2 Å². The van der Waals surface area contributed by atoms with Gasteiger partial charge in [0.25, 0.3) is 0 Å². The lowest BCUT2D eigenvalue weighted by atomic mass is 10.1. The number of carbonyl (C=O) groups is 1. The standard InChI is InChI=1S/C20H23N3O3S2/c24-20(15-27-19-6-1-2-9-21-19)22-10-12-23(13-11-22)28(25,26)18-8-7-16-4-3-5-17(16)14-18/h1-2,6-9,14H,3-5,10-13,15H2. The number of hydrogen-bond donors (Lipinski definition) is 0. The lowest BCUT2D eigenvalue weighted by molar-refractivity contribution is -0.129. The number of aromatic nitrogens is 1. The number of benzene rings is 1. The first-order valence-corrected chi connectivity index (χ1v) is 11.9. The summed E-state index contributed by atoms with van der Waals surface area (Å²) in [4.78, 5) is 18.8. The Morgan fingerprint density at radius 1 is 1.04 bits per heavy atom. The van der Waals surface area contributed by atoms with Crippen molar-refractivity contribution >= 4 is 27.7 Å². The molecule has 1 amide bonds. The Balaban J connectivity index is 1.35. The Labute approximate surface area is 170 Å². The second kappa shape index (κ2) is 8.23. The molecule has 0 unspecified atom stereocenters. The molecular formula is C20H23N3O3S2. The van der Waals surface area contributed by atoms with Crippen molar-refractivity contribution in [2.45, 2.75) is 29.2 Å². The fourth-order valence-corrected chi connectivity index (χ4v) is 5.93. The maximum Gasteiger partial charge on any atom is 0.243 e. The van der Waals surface area contributed by atoms with Crippen LogP contribution in [0, 0.1) is 0 Å². The Morgan fingerprint density at radius 2 is 1.82 bits per heavy atom. The third-order valence-corrected chi connectivity index (χ3v) is 8.10. The molecule has 4 rings (SSSR count). The van der Waals surface area contributed by atoms with E-state index in [4.69, 9.17) is 0 Å². The number of amides is 1. The molecule has 6 nitrogen and oxygen atoms in total. The van der Waals surface area contributed by atoms with Gasteiger partial charge in [-0.05, 0) is 54.7 Å². The van der Waals surface area contributed by atoms with Gasteiger partial charge in [-0.1, -0.05) is 23.9 Å². The number of hydrogen-bond acceptors (Lipinski definition) is 5. The molecule has 0 spiro atoms. The van der Waals surface area contributed by atoms with Gasteiger partial charge in [-0.3, -0.25) is 4.79 Å². The molecular weight excluding hydrogens is 394 g/mol. The van der Waals surface area contributed by atoms with Crippen molar-refractivity contribution in [1.29, 1.82) is 0 Å². The number of piperazine rings is 1. The quantitative estimate of drug-likeness (QED) is 0.698. The number of fused-ring (bicyclic) bond motifs is 1. The highest BCUT2D eigenvalue weighted by Crippen LogP contribution is 2.27. The molecule has 1 aromatic carbocycles. The first-order chi connectivity index (χ1) is 13.5. The van der Waals surface area contributed by atoms with Gasteiger partial charge in [-0.2, -0.15) is 4.31 Å². The molecule has 0 saturated carbocycles. The van der Waals surface area contributed by atoms with Crippen LogP contribution >= 0.6 is 11.8 Å². The second-order valence-corrected chi connectivity index (χ2v) is 9.96. The predicted octanol–water partition coefficient (Wildman–Crippen LogP) is 2.20. The molecule has 148 valence electrons. The van der Waals surface area contributed by atoms with E-state index in [1.165, 1.54) is 21.6 Å². The van der Waals surface area contributed by atoms with E-state index in [1.807, 2.05) is 30.3 Å². The Bertz CT molecular complexity index is 956. The third kappa shape index (κ3) is 4.09. The van der Waals surface area contributed by atoms with E-state index in [-0.39, 0.29) is 5.91 Å². The zero-order valence-electron chi connectivity index (χ0n) is 15.6. The van der Waals surface area contributed by atoms with Gasteiger partial charge >= 0.3 is 0 Å². The summed E-state index contributed by atoms with van der Waals surface area (Å²) >= 11 is 1.40. The maximum atomic E-state index is 13.0. The monoisotopic (exact) mass is 417 g/mol. The van der Waals surface area contributed by atoms with Crippen LogP contribution in [0.5, 0.6) is 0 Å². The minimum absolute atomic E-state index is 0.0187. The van der Waals surface area contributed by atoms with Crippen molar-refractivity contribution in [2.24, 2.45) is 0 Å². The van der Waals surface area contributed by atoms with E-state index in [2.05, 4.69) is 4.98 Å². The first-order valence-electron chi connectivity index (χ1n) is 9.47. The fraction of sp³-hybridized carbons (Fsp3) is 0.400. The van der Waals surface area contributed by atoms with Gasteiger partial charge in [0.15, 0.2) is 0 Å². The van der Waals surface area contributed by atoms with Gasteiger partial charge in [-0.15, -0.1) is 0 Å². The van der Waals surface area contributed by atoms with Crippen LogP contribution in [0.2, 0.25) is 0 Å². The molecule has 2 aromatic rings. The molecule has 0 bridgehead atoms. The lowest BCUT2D eigenvalue weighted by Gasteiger charge is -2.34. The smallest absolute Gasteiger partial charge is 0.243 e. The van der Waals surface area contributed by atoms with Crippen molar-refractivity contribution in [3.63, 3.8) is 0 Å². The summed E-state index contributed by atoms with van der Waals surface area (Å²) in [5, 5.41) is 0.814. The molecule has 0 radical (unpaired) electrons. The summed E-state index contributed by atoms with van der Waals surface area (Å²) in [5.41, 5.74) is 2.42. The van der Waals surface area contributed by atoms with Gasteiger partial charge in [0, 0.05) is 32.4 Å². The Morgan fingerprint density at radius 3 is 2.57 bits per heavy atom. The van der Waals surface area contributed by atoms with Gasteiger partial charge in [-0.25, -0.2) is 13.4 Å². The number of thioether (sulfide) groups is 1. The second-order valence-electron chi connectivity index (χ2n) is 7.03. The average Bonchev–Trinajstić information content (AvgIpc) is 3.21. The summed E-state index contributed by atoms with van der Waals surface area (Å²) in [6, 6.07) is 11.1. The largest absolute Gasteiger partial charge is 0.339 e. The SMILES string of the molecule is O=C(CSc1ccccn1)N1CCN(S(=O)(=O)c2ccc3c(c2)CCC3)CC1. The first kappa shape index (κ1) is 19.4. The molecule has 1 aromatic heterocycles. The van der Waals surface area contributed by atoms with E-state index >= 15 is 0 Å². The summed E-state index contributed by atoms with van der Waals surface area (Å²) in [6.45, 7) is 1.51. The Kier molecular flexibility index (Phi) is 5.70. The number of aryl methyl sites for hydroxylation is 2. The molecule has 0 atom stereocenters. The Hall–Kier alpha value is -1.90. The summed E-state index contributed by atoms with van der Waals surface area (Å²) in [5.74, 6) is 0.333. The fourth-order valence-electron chi connectivity index (χ4n) is 3.70. The molecule has 1 aliphatic heterocycles. The normalized spacial score (nSPS) is 17.5. The van der Waals surface area contributed by atoms with Crippen molar-refractivity contribution in [2.75, 3.05) is 31.9 Å². The van der Waals surface area contributed by atoms with Crippen molar-refractivity contribution in [3.8, 4) is 0 Å². The minimum Gasteiger partial charge on any atom is -0.339 e. The minimum atomic E-state index is -3.51. The highest BCUT2D eigenvalue weighted by molar-refractivity contribution is 7.99.